The summed E-state index contributed by atoms with van der Waals surface area (Å²) in [5.41, 5.74) is 0.217. The summed E-state index contributed by atoms with van der Waals surface area (Å²) in [6.45, 7) is 3.59. The van der Waals surface area contributed by atoms with Crippen molar-refractivity contribution in [1.82, 2.24) is 5.32 Å². The van der Waals surface area contributed by atoms with E-state index in [1.165, 1.54) is 31.4 Å². The third-order valence-electron chi connectivity index (χ3n) is 4.43. The fraction of sp³-hybridized carbons (Fsp3) is 0.368. The van der Waals surface area contributed by atoms with Crippen molar-refractivity contribution in [2.24, 2.45) is 0 Å². The van der Waals surface area contributed by atoms with Crippen LogP contribution in [0.5, 0.6) is 0 Å². The Labute approximate surface area is 166 Å². The Morgan fingerprint density at radius 3 is 2.72 bits per heavy atom. The quantitative estimate of drug-likeness (QED) is 0.422. The van der Waals surface area contributed by atoms with Crippen LogP contribution >= 0.6 is 0 Å². The van der Waals surface area contributed by atoms with Crippen molar-refractivity contribution < 1.29 is 28.4 Å². The highest BCUT2D eigenvalue weighted by Gasteiger charge is 2.25. The molecule has 0 spiro atoms. The third kappa shape index (κ3) is 5.11. The average Bonchev–Trinajstić information content (AvgIpc) is 3.25. The molecule has 29 heavy (non-hydrogen) atoms. The van der Waals surface area contributed by atoms with Crippen LogP contribution in [0.2, 0.25) is 0 Å². The van der Waals surface area contributed by atoms with Gasteiger partial charge in [-0.1, -0.05) is 0 Å². The van der Waals surface area contributed by atoms with Gasteiger partial charge in [-0.3, -0.25) is 14.9 Å². The van der Waals surface area contributed by atoms with Gasteiger partial charge in [-0.15, -0.1) is 0 Å². The number of benzene rings is 1. The number of amides is 1. The molecule has 1 aliphatic rings. The van der Waals surface area contributed by atoms with Gasteiger partial charge in [0, 0.05) is 19.2 Å². The maximum absolute atomic E-state index is 12.4. The minimum absolute atomic E-state index is 0.000561. The number of nitrogens with zero attached hydrogens (tertiary/aromatic N) is 2. The van der Waals surface area contributed by atoms with Crippen molar-refractivity contribution in [3.63, 3.8) is 0 Å². The predicted octanol–water partition coefficient (Wildman–Crippen LogP) is 1.89. The summed E-state index contributed by atoms with van der Waals surface area (Å²) in [5, 5.41) is 14.1. The second-order valence-corrected chi connectivity index (χ2v) is 6.40. The lowest BCUT2D eigenvalue weighted by atomic mass is 10.1. The van der Waals surface area contributed by atoms with Gasteiger partial charge in [0.1, 0.15) is 11.4 Å². The van der Waals surface area contributed by atoms with Gasteiger partial charge in [0.15, 0.2) is 6.10 Å². The van der Waals surface area contributed by atoms with Crippen LogP contribution in [0.15, 0.2) is 41.0 Å². The van der Waals surface area contributed by atoms with E-state index >= 15 is 0 Å². The first kappa shape index (κ1) is 20.3. The van der Waals surface area contributed by atoms with E-state index in [0.29, 0.717) is 37.8 Å². The van der Waals surface area contributed by atoms with Gasteiger partial charge in [0.2, 0.25) is 0 Å². The van der Waals surface area contributed by atoms with Crippen molar-refractivity contribution in [3.05, 3.63) is 58.0 Å². The molecule has 2 heterocycles. The van der Waals surface area contributed by atoms with E-state index in [4.69, 9.17) is 13.9 Å². The van der Waals surface area contributed by atoms with Crippen LogP contribution in [-0.2, 0) is 20.8 Å². The highest BCUT2D eigenvalue weighted by molar-refractivity contribution is 5.93. The Kier molecular flexibility index (Phi) is 6.45. The first-order chi connectivity index (χ1) is 14.0. The second kappa shape index (κ2) is 9.20. The maximum atomic E-state index is 12.4. The van der Waals surface area contributed by atoms with E-state index < -0.39 is 22.9 Å². The fourth-order valence-corrected chi connectivity index (χ4v) is 2.88. The summed E-state index contributed by atoms with van der Waals surface area (Å²) in [7, 11) is 0. The SMILES string of the molecule is C[C@@H](OC(=O)c1ccc(N2CCOCC2)c([N+](=O)[O-])c1)C(=O)NCc1ccco1. The number of hydrogen-bond donors (Lipinski definition) is 1. The number of ether oxygens (including phenoxy) is 2. The molecule has 1 fully saturated rings. The zero-order valence-corrected chi connectivity index (χ0v) is 15.8. The van der Waals surface area contributed by atoms with E-state index in [1.54, 1.807) is 12.1 Å². The molecule has 1 saturated heterocycles. The molecule has 1 aliphatic heterocycles. The largest absolute Gasteiger partial charge is 0.467 e. The number of anilines is 1. The number of nitro benzene ring substituents is 1. The number of furan rings is 1. The molecule has 0 saturated carbocycles. The maximum Gasteiger partial charge on any atom is 0.339 e. The van der Waals surface area contributed by atoms with Crippen molar-refractivity contribution in [3.8, 4) is 0 Å². The predicted molar refractivity (Wildman–Crippen MR) is 102 cm³/mol. The van der Waals surface area contributed by atoms with E-state index in [1.807, 2.05) is 4.90 Å². The number of carbonyl (C=O) groups is 2. The Hall–Kier alpha value is -3.40. The summed E-state index contributed by atoms with van der Waals surface area (Å²) in [6, 6.07) is 7.53. The zero-order chi connectivity index (χ0) is 20.8. The lowest BCUT2D eigenvalue weighted by Crippen LogP contribution is -2.36. The number of nitro groups is 1. The van der Waals surface area contributed by atoms with Crippen molar-refractivity contribution in [1.29, 1.82) is 0 Å². The van der Waals surface area contributed by atoms with Gasteiger partial charge in [-0.2, -0.15) is 0 Å². The van der Waals surface area contributed by atoms with Crippen LogP contribution in [0, 0.1) is 10.1 Å². The Morgan fingerprint density at radius 2 is 2.07 bits per heavy atom. The Morgan fingerprint density at radius 1 is 1.31 bits per heavy atom. The number of nitrogens with one attached hydrogen (secondary N) is 1. The highest BCUT2D eigenvalue weighted by Crippen LogP contribution is 2.30. The summed E-state index contributed by atoms with van der Waals surface area (Å²) in [6.07, 6.45) is 0.411. The average molecular weight is 403 g/mol. The summed E-state index contributed by atoms with van der Waals surface area (Å²) in [5.74, 6) is -0.761. The lowest BCUT2D eigenvalue weighted by Gasteiger charge is -2.28. The molecule has 1 aromatic heterocycles. The van der Waals surface area contributed by atoms with E-state index in [2.05, 4.69) is 5.32 Å². The summed E-state index contributed by atoms with van der Waals surface area (Å²) < 4.78 is 15.5. The summed E-state index contributed by atoms with van der Waals surface area (Å²) in [4.78, 5) is 37.2. The van der Waals surface area contributed by atoms with Gasteiger partial charge in [0.25, 0.3) is 11.6 Å². The molecule has 10 heteroatoms. The highest BCUT2D eigenvalue weighted by atomic mass is 16.6. The molecule has 0 bridgehead atoms. The number of rotatable bonds is 7. The fourth-order valence-electron chi connectivity index (χ4n) is 2.88. The Balaban J connectivity index is 1.65. The minimum atomic E-state index is -1.07. The smallest absolute Gasteiger partial charge is 0.339 e. The van der Waals surface area contributed by atoms with Crippen molar-refractivity contribution in [2.45, 2.75) is 19.6 Å². The third-order valence-corrected chi connectivity index (χ3v) is 4.43. The molecular weight excluding hydrogens is 382 g/mol. The number of morpholine rings is 1. The minimum Gasteiger partial charge on any atom is -0.467 e. The summed E-state index contributed by atoms with van der Waals surface area (Å²) >= 11 is 0. The molecule has 0 unspecified atom stereocenters. The van der Waals surface area contributed by atoms with Crippen LogP contribution in [-0.4, -0.2) is 49.2 Å². The normalized spacial score (nSPS) is 14.9. The van der Waals surface area contributed by atoms with Gasteiger partial charge in [-0.05, 0) is 31.2 Å². The molecule has 0 aliphatic carbocycles. The zero-order valence-electron chi connectivity index (χ0n) is 15.8. The van der Waals surface area contributed by atoms with E-state index in [9.17, 15) is 19.7 Å². The standard InChI is InChI=1S/C19H21N3O7/c1-13(18(23)20-12-15-3-2-8-28-15)29-19(24)14-4-5-16(17(11-14)22(25)26)21-6-9-27-10-7-21/h2-5,8,11,13H,6-7,9-10,12H2,1H3,(H,20,23)/t13-/m1/s1. The van der Waals surface area contributed by atoms with Crippen LogP contribution < -0.4 is 10.2 Å². The molecule has 1 N–H and O–H groups in total. The van der Waals surface area contributed by atoms with Crippen molar-refractivity contribution in [2.75, 3.05) is 31.2 Å². The monoisotopic (exact) mass is 403 g/mol. The second-order valence-electron chi connectivity index (χ2n) is 6.40. The topological polar surface area (TPSA) is 124 Å². The van der Waals surface area contributed by atoms with Gasteiger partial charge >= 0.3 is 5.97 Å². The van der Waals surface area contributed by atoms with Gasteiger partial charge < -0.3 is 24.1 Å². The molecule has 154 valence electrons. The lowest BCUT2D eigenvalue weighted by molar-refractivity contribution is -0.384. The molecule has 1 aromatic carbocycles. The van der Waals surface area contributed by atoms with Crippen LogP contribution in [0.1, 0.15) is 23.0 Å². The molecule has 2 aromatic rings. The van der Waals surface area contributed by atoms with Crippen LogP contribution in [0.25, 0.3) is 0 Å². The molecule has 1 atom stereocenters. The van der Waals surface area contributed by atoms with Crippen LogP contribution in [0.4, 0.5) is 11.4 Å². The molecule has 10 nitrogen and oxygen atoms in total. The van der Waals surface area contributed by atoms with E-state index in [0.717, 1.165) is 0 Å². The number of carbonyl (C=O) groups excluding carboxylic acids is 2. The van der Waals surface area contributed by atoms with Crippen LogP contribution in [0.3, 0.4) is 0 Å². The first-order valence-electron chi connectivity index (χ1n) is 9.08. The van der Waals surface area contributed by atoms with Gasteiger partial charge in [0.05, 0.1) is 36.5 Å². The molecule has 0 radical (unpaired) electrons. The molecule has 1 amide bonds. The number of hydrogen-bond acceptors (Lipinski definition) is 8. The Bertz CT molecular complexity index is 876. The molecule has 3 rings (SSSR count). The first-order valence-corrected chi connectivity index (χ1v) is 9.08. The van der Waals surface area contributed by atoms with Crippen molar-refractivity contribution >= 4 is 23.3 Å². The van der Waals surface area contributed by atoms with Gasteiger partial charge in [-0.25, -0.2) is 4.79 Å². The number of esters is 1. The molecular formula is C19H21N3O7. The van der Waals surface area contributed by atoms with E-state index in [-0.39, 0.29) is 17.8 Å².